The first-order valence-corrected chi connectivity index (χ1v) is 7.15. The van der Waals surface area contributed by atoms with E-state index in [9.17, 15) is 14.7 Å². The monoisotopic (exact) mass is 293 g/mol. The predicted molar refractivity (Wildman–Crippen MR) is 80.6 cm³/mol. The Morgan fingerprint density at radius 3 is 2.19 bits per heavy atom. The normalized spacial score (nSPS) is 13.6. The van der Waals surface area contributed by atoms with Gasteiger partial charge in [-0.15, -0.1) is 0 Å². The predicted octanol–water partition coefficient (Wildman–Crippen LogP) is 2.70. The van der Waals surface area contributed by atoms with Crippen molar-refractivity contribution >= 4 is 11.9 Å². The van der Waals surface area contributed by atoms with Crippen LogP contribution < -0.4 is 10.1 Å². The number of carbonyl (C=O) groups excluding carboxylic acids is 1. The lowest BCUT2D eigenvalue weighted by Gasteiger charge is -2.20. The first-order chi connectivity index (χ1) is 9.85. The van der Waals surface area contributed by atoms with Gasteiger partial charge in [0, 0.05) is 5.56 Å². The Kier molecular flexibility index (Phi) is 6.21. The third-order valence-electron chi connectivity index (χ3n) is 3.25. The molecule has 0 saturated carbocycles. The van der Waals surface area contributed by atoms with Crippen LogP contribution >= 0.6 is 0 Å². The summed E-state index contributed by atoms with van der Waals surface area (Å²) in [5.41, 5.74) is 0.417. The Hall–Kier alpha value is -2.04. The molecular formula is C16H23NO4. The number of hydrogen-bond donors (Lipinski definition) is 2. The van der Waals surface area contributed by atoms with E-state index in [4.69, 9.17) is 4.74 Å². The van der Waals surface area contributed by atoms with Gasteiger partial charge in [-0.25, -0.2) is 4.79 Å². The second kappa shape index (κ2) is 7.67. The maximum Gasteiger partial charge on any atom is 0.326 e. The Labute approximate surface area is 125 Å². The zero-order chi connectivity index (χ0) is 16.0. The molecule has 5 heteroatoms. The number of carbonyl (C=O) groups is 2. The molecule has 1 amide bonds. The lowest BCUT2D eigenvalue weighted by Crippen LogP contribution is -2.45. The van der Waals surface area contributed by atoms with Crippen LogP contribution in [-0.4, -0.2) is 29.1 Å². The van der Waals surface area contributed by atoms with Crippen molar-refractivity contribution in [3.8, 4) is 5.75 Å². The molecule has 2 atom stereocenters. The van der Waals surface area contributed by atoms with Crippen LogP contribution in [0, 0.1) is 5.92 Å². The van der Waals surface area contributed by atoms with E-state index in [1.54, 1.807) is 31.2 Å². The summed E-state index contributed by atoms with van der Waals surface area (Å²) in [7, 11) is 0. The molecule has 0 aliphatic carbocycles. The van der Waals surface area contributed by atoms with E-state index in [0.717, 1.165) is 0 Å². The number of carboxylic acids is 1. The second-order valence-corrected chi connectivity index (χ2v) is 5.37. The highest BCUT2D eigenvalue weighted by Crippen LogP contribution is 2.15. The molecule has 0 aromatic heterocycles. The van der Waals surface area contributed by atoms with E-state index in [-0.39, 0.29) is 12.0 Å². The highest BCUT2D eigenvalue weighted by Gasteiger charge is 2.25. The molecule has 1 aromatic carbocycles. The maximum atomic E-state index is 12.1. The number of amides is 1. The van der Waals surface area contributed by atoms with Crippen LogP contribution in [0.25, 0.3) is 0 Å². The molecule has 2 N–H and O–H groups in total. The second-order valence-electron chi connectivity index (χ2n) is 5.37. The van der Waals surface area contributed by atoms with E-state index in [0.29, 0.717) is 17.7 Å². The van der Waals surface area contributed by atoms with Crippen LogP contribution in [0.2, 0.25) is 0 Å². The van der Waals surface area contributed by atoms with Crippen LogP contribution in [0.3, 0.4) is 0 Å². The summed E-state index contributed by atoms with van der Waals surface area (Å²) in [6, 6.07) is 5.78. The third kappa shape index (κ3) is 5.10. The number of aliphatic carboxylic acids is 1. The largest absolute Gasteiger partial charge is 0.491 e. The fourth-order valence-electron chi connectivity index (χ4n) is 1.86. The molecule has 0 fully saturated rings. The van der Waals surface area contributed by atoms with Crippen molar-refractivity contribution in [2.45, 2.75) is 46.3 Å². The SMILES string of the molecule is CCC(C)C(NC(=O)c1ccc(OC(C)C)cc1)C(=O)O. The first-order valence-electron chi connectivity index (χ1n) is 7.15. The Morgan fingerprint density at radius 2 is 1.76 bits per heavy atom. The molecule has 0 aliphatic rings. The summed E-state index contributed by atoms with van der Waals surface area (Å²) in [6.45, 7) is 7.54. The Bertz CT molecular complexity index is 482. The van der Waals surface area contributed by atoms with E-state index in [1.165, 1.54) is 0 Å². The van der Waals surface area contributed by atoms with Gasteiger partial charge in [0.1, 0.15) is 11.8 Å². The fraction of sp³-hybridized carbons (Fsp3) is 0.500. The van der Waals surface area contributed by atoms with E-state index >= 15 is 0 Å². The lowest BCUT2D eigenvalue weighted by molar-refractivity contribution is -0.140. The molecule has 0 radical (unpaired) electrons. The zero-order valence-corrected chi connectivity index (χ0v) is 12.9. The molecule has 0 bridgehead atoms. The molecule has 0 saturated heterocycles. The van der Waals surface area contributed by atoms with Gasteiger partial charge in [0.15, 0.2) is 0 Å². The number of nitrogens with one attached hydrogen (secondary N) is 1. The van der Waals surface area contributed by atoms with E-state index < -0.39 is 17.9 Å². The standard InChI is InChI=1S/C16H23NO4/c1-5-11(4)14(16(19)20)17-15(18)12-6-8-13(9-7-12)21-10(2)3/h6-11,14H,5H2,1-4H3,(H,17,18)(H,19,20). The third-order valence-corrected chi connectivity index (χ3v) is 3.25. The summed E-state index contributed by atoms with van der Waals surface area (Å²) >= 11 is 0. The highest BCUT2D eigenvalue weighted by molar-refractivity contribution is 5.96. The van der Waals surface area contributed by atoms with E-state index in [2.05, 4.69) is 5.32 Å². The van der Waals surface area contributed by atoms with Gasteiger partial charge in [-0.3, -0.25) is 4.79 Å². The summed E-state index contributed by atoms with van der Waals surface area (Å²) in [5.74, 6) is -0.857. The van der Waals surface area contributed by atoms with Crippen LogP contribution in [0.4, 0.5) is 0 Å². The zero-order valence-electron chi connectivity index (χ0n) is 12.9. The molecule has 1 aromatic rings. The average Bonchev–Trinajstić information content (AvgIpc) is 2.43. The van der Waals surface area contributed by atoms with Gasteiger partial charge in [-0.2, -0.15) is 0 Å². The number of ether oxygens (including phenoxy) is 1. The van der Waals surface area contributed by atoms with E-state index in [1.807, 2.05) is 20.8 Å². The van der Waals surface area contributed by atoms with Crippen molar-refractivity contribution in [2.24, 2.45) is 5.92 Å². The van der Waals surface area contributed by atoms with Crippen molar-refractivity contribution < 1.29 is 19.4 Å². The molecule has 0 aliphatic heterocycles. The van der Waals surface area contributed by atoms with Crippen molar-refractivity contribution in [3.05, 3.63) is 29.8 Å². The van der Waals surface area contributed by atoms with Crippen LogP contribution in [-0.2, 0) is 4.79 Å². The molecule has 116 valence electrons. The van der Waals surface area contributed by atoms with Crippen molar-refractivity contribution in [3.63, 3.8) is 0 Å². The molecule has 2 unspecified atom stereocenters. The minimum atomic E-state index is -1.02. The minimum absolute atomic E-state index is 0.0615. The Morgan fingerprint density at radius 1 is 1.19 bits per heavy atom. The molecule has 5 nitrogen and oxygen atoms in total. The smallest absolute Gasteiger partial charge is 0.326 e. The Balaban J connectivity index is 2.76. The minimum Gasteiger partial charge on any atom is -0.491 e. The van der Waals surface area contributed by atoms with Gasteiger partial charge < -0.3 is 15.2 Å². The number of benzene rings is 1. The number of rotatable bonds is 7. The van der Waals surface area contributed by atoms with Gasteiger partial charge in [0.05, 0.1) is 6.10 Å². The molecule has 0 heterocycles. The molecule has 21 heavy (non-hydrogen) atoms. The quantitative estimate of drug-likeness (QED) is 0.810. The molecule has 0 spiro atoms. The summed E-state index contributed by atoms with van der Waals surface area (Å²) in [5, 5.41) is 11.7. The van der Waals surface area contributed by atoms with Gasteiger partial charge in [-0.1, -0.05) is 20.3 Å². The van der Waals surface area contributed by atoms with Crippen molar-refractivity contribution in [1.29, 1.82) is 0 Å². The highest BCUT2D eigenvalue weighted by atomic mass is 16.5. The number of carboxylic acid groups (broad SMARTS) is 1. The molecule has 1 rings (SSSR count). The summed E-state index contributed by atoms with van der Waals surface area (Å²) in [4.78, 5) is 23.3. The summed E-state index contributed by atoms with van der Waals surface area (Å²) < 4.78 is 5.50. The van der Waals surface area contributed by atoms with Crippen LogP contribution in [0.5, 0.6) is 5.75 Å². The van der Waals surface area contributed by atoms with Gasteiger partial charge in [-0.05, 0) is 44.0 Å². The van der Waals surface area contributed by atoms with Gasteiger partial charge in [0.2, 0.25) is 0 Å². The summed E-state index contributed by atoms with van der Waals surface area (Å²) in [6.07, 6.45) is 0.741. The van der Waals surface area contributed by atoms with Crippen LogP contribution in [0.15, 0.2) is 24.3 Å². The van der Waals surface area contributed by atoms with Crippen LogP contribution in [0.1, 0.15) is 44.5 Å². The van der Waals surface area contributed by atoms with Gasteiger partial charge in [0.25, 0.3) is 5.91 Å². The lowest BCUT2D eigenvalue weighted by atomic mass is 9.99. The molecular weight excluding hydrogens is 270 g/mol. The number of hydrogen-bond acceptors (Lipinski definition) is 3. The first kappa shape index (κ1) is 17.0. The average molecular weight is 293 g/mol. The fourth-order valence-corrected chi connectivity index (χ4v) is 1.86. The topological polar surface area (TPSA) is 75.6 Å². The maximum absolute atomic E-state index is 12.1. The van der Waals surface area contributed by atoms with Crippen molar-refractivity contribution in [2.75, 3.05) is 0 Å². The van der Waals surface area contributed by atoms with Gasteiger partial charge >= 0.3 is 5.97 Å². The van der Waals surface area contributed by atoms with Crippen molar-refractivity contribution in [1.82, 2.24) is 5.32 Å².